The number of ether oxygens (including phenoxy) is 1. The number of carbonyl (C=O) groups is 1. The average molecular weight is 418 g/mol. The Hall–Kier alpha value is -1.19. The van der Waals surface area contributed by atoms with Crippen LogP contribution in [0.15, 0.2) is 23.1 Å². The van der Waals surface area contributed by atoms with Crippen molar-refractivity contribution in [3.05, 3.63) is 28.8 Å². The zero-order valence-electron chi connectivity index (χ0n) is 16.1. The Morgan fingerprint density at radius 2 is 1.93 bits per heavy atom. The number of benzene rings is 1. The van der Waals surface area contributed by atoms with Gasteiger partial charge in [0.2, 0.25) is 10.0 Å². The summed E-state index contributed by atoms with van der Waals surface area (Å²) in [7, 11) is -1.69. The second-order valence-corrected chi connectivity index (χ2v) is 9.22. The minimum Gasteiger partial charge on any atom is -0.379 e. The monoisotopic (exact) mass is 417 g/mol. The Labute approximate surface area is 166 Å². The SMILES string of the molecule is CC(C)OCCCNC(=O)c1cc(S(=O)(=O)N2CCN(C)CC2)ccc1Cl. The highest BCUT2D eigenvalue weighted by molar-refractivity contribution is 7.89. The summed E-state index contributed by atoms with van der Waals surface area (Å²) in [5, 5.41) is 2.98. The van der Waals surface area contributed by atoms with E-state index in [1.165, 1.54) is 22.5 Å². The third-order valence-electron chi connectivity index (χ3n) is 4.34. The van der Waals surface area contributed by atoms with Gasteiger partial charge in [0.25, 0.3) is 5.91 Å². The Morgan fingerprint density at radius 3 is 2.56 bits per heavy atom. The van der Waals surface area contributed by atoms with Gasteiger partial charge >= 0.3 is 0 Å². The number of rotatable bonds is 8. The van der Waals surface area contributed by atoms with E-state index in [1.54, 1.807) is 0 Å². The molecule has 0 aromatic heterocycles. The number of nitrogens with zero attached hydrogens (tertiary/aromatic N) is 2. The molecule has 0 spiro atoms. The Morgan fingerprint density at radius 1 is 1.26 bits per heavy atom. The van der Waals surface area contributed by atoms with Crippen LogP contribution < -0.4 is 5.32 Å². The van der Waals surface area contributed by atoms with Crippen molar-refractivity contribution in [3.63, 3.8) is 0 Å². The smallest absolute Gasteiger partial charge is 0.252 e. The maximum absolute atomic E-state index is 12.9. The highest BCUT2D eigenvalue weighted by Crippen LogP contribution is 2.23. The van der Waals surface area contributed by atoms with Crippen LogP contribution in [0.3, 0.4) is 0 Å². The summed E-state index contributed by atoms with van der Waals surface area (Å²) < 4.78 is 32.6. The van der Waals surface area contributed by atoms with Crippen molar-refractivity contribution in [2.24, 2.45) is 0 Å². The van der Waals surface area contributed by atoms with Gasteiger partial charge in [-0.2, -0.15) is 4.31 Å². The zero-order chi connectivity index (χ0) is 20.0. The molecule has 1 aromatic carbocycles. The van der Waals surface area contributed by atoms with E-state index in [4.69, 9.17) is 16.3 Å². The molecule has 0 aliphatic carbocycles. The molecule has 0 radical (unpaired) electrons. The summed E-state index contributed by atoms with van der Waals surface area (Å²) in [5.74, 6) is -0.389. The Balaban J connectivity index is 2.05. The fourth-order valence-corrected chi connectivity index (χ4v) is 4.36. The quantitative estimate of drug-likeness (QED) is 0.653. The van der Waals surface area contributed by atoms with Gasteiger partial charge in [-0.3, -0.25) is 4.79 Å². The summed E-state index contributed by atoms with van der Waals surface area (Å²) in [6.07, 6.45) is 0.812. The van der Waals surface area contributed by atoms with E-state index in [9.17, 15) is 13.2 Å². The van der Waals surface area contributed by atoms with Crippen LogP contribution in [0.4, 0.5) is 0 Å². The van der Waals surface area contributed by atoms with Crippen molar-refractivity contribution in [2.75, 3.05) is 46.4 Å². The predicted molar refractivity (Wildman–Crippen MR) is 106 cm³/mol. The number of hydrogen-bond acceptors (Lipinski definition) is 5. The number of halogens is 1. The van der Waals surface area contributed by atoms with Gasteiger partial charge in [-0.05, 0) is 45.5 Å². The largest absolute Gasteiger partial charge is 0.379 e. The Bertz CT molecular complexity index is 747. The van der Waals surface area contributed by atoms with Crippen LogP contribution >= 0.6 is 11.6 Å². The molecular weight excluding hydrogens is 390 g/mol. The van der Waals surface area contributed by atoms with Gasteiger partial charge in [0.15, 0.2) is 0 Å². The number of amides is 1. The number of sulfonamides is 1. The van der Waals surface area contributed by atoms with Crippen molar-refractivity contribution in [1.82, 2.24) is 14.5 Å². The van der Waals surface area contributed by atoms with Crippen molar-refractivity contribution in [2.45, 2.75) is 31.3 Å². The summed E-state index contributed by atoms with van der Waals surface area (Å²) in [4.78, 5) is 14.6. The van der Waals surface area contributed by atoms with Crippen molar-refractivity contribution in [3.8, 4) is 0 Å². The molecule has 1 aliphatic rings. The minimum atomic E-state index is -3.65. The van der Waals surface area contributed by atoms with E-state index in [0.29, 0.717) is 45.8 Å². The van der Waals surface area contributed by atoms with Gasteiger partial charge in [0.1, 0.15) is 0 Å². The molecule has 0 saturated carbocycles. The van der Waals surface area contributed by atoms with E-state index >= 15 is 0 Å². The lowest BCUT2D eigenvalue weighted by atomic mass is 10.2. The summed E-state index contributed by atoms with van der Waals surface area (Å²) >= 11 is 6.13. The molecule has 0 atom stereocenters. The molecule has 7 nitrogen and oxygen atoms in total. The molecule has 1 aliphatic heterocycles. The second-order valence-electron chi connectivity index (χ2n) is 6.88. The van der Waals surface area contributed by atoms with E-state index in [-0.39, 0.29) is 27.5 Å². The summed E-state index contributed by atoms with van der Waals surface area (Å²) in [6.45, 7) is 7.09. The molecule has 1 N–H and O–H groups in total. The number of hydrogen-bond donors (Lipinski definition) is 1. The fraction of sp³-hybridized carbons (Fsp3) is 0.611. The summed E-state index contributed by atoms with van der Waals surface area (Å²) in [6, 6.07) is 4.26. The molecule has 1 aromatic rings. The van der Waals surface area contributed by atoms with Crippen LogP contribution in [0.1, 0.15) is 30.6 Å². The fourth-order valence-electron chi connectivity index (χ4n) is 2.70. The van der Waals surface area contributed by atoms with Crippen LogP contribution in [-0.2, 0) is 14.8 Å². The average Bonchev–Trinajstić information content (AvgIpc) is 2.61. The molecule has 1 amide bonds. The maximum Gasteiger partial charge on any atom is 0.252 e. The van der Waals surface area contributed by atoms with Crippen molar-refractivity contribution >= 4 is 27.5 Å². The summed E-state index contributed by atoms with van der Waals surface area (Å²) in [5.41, 5.74) is 0.164. The number of piperazine rings is 1. The Kier molecular flexibility index (Phi) is 8.05. The molecule has 27 heavy (non-hydrogen) atoms. The molecule has 1 saturated heterocycles. The van der Waals surface area contributed by atoms with E-state index in [1.807, 2.05) is 20.9 Å². The predicted octanol–water partition coefficient (Wildman–Crippen LogP) is 1.82. The van der Waals surface area contributed by atoms with E-state index < -0.39 is 10.0 Å². The van der Waals surface area contributed by atoms with Gasteiger partial charge in [-0.25, -0.2) is 8.42 Å². The zero-order valence-corrected chi connectivity index (χ0v) is 17.6. The van der Waals surface area contributed by atoms with E-state index in [0.717, 1.165) is 0 Å². The van der Waals surface area contributed by atoms with Crippen molar-refractivity contribution in [1.29, 1.82) is 0 Å². The third kappa shape index (κ3) is 6.15. The first-order valence-electron chi connectivity index (χ1n) is 9.10. The highest BCUT2D eigenvalue weighted by atomic mass is 35.5. The standard InChI is InChI=1S/C18H28ClN3O4S/c1-14(2)26-12-4-7-20-18(23)16-13-15(5-6-17(16)19)27(24,25)22-10-8-21(3)9-11-22/h5-6,13-14H,4,7-12H2,1-3H3,(H,20,23). The normalized spacial score (nSPS) is 16.6. The van der Waals surface area contributed by atoms with Gasteiger partial charge in [-0.1, -0.05) is 11.6 Å². The number of carbonyl (C=O) groups excluding carboxylic acids is 1. The molecule has 2 rings (SSSR count). The number of likely N-dealkylation sites (N-methyl/N-ethyl adjacent to an activating group) is 1. The minimum absolute atomic E-state index is 0.0877. The van der Waals surface area contributed by atoms with Crippen LogP contribution in [0.25, 0.3) is 0 Å². The first-order valence-corrected chi connectivity index (χ1v) is 10.9. The first kappa shape index (κ1) is 22.1. The molecule has 1 fully saturated rings. The lowest BCUT2D eigenvalue weighted by Crippen LogP contribution is -2.47. The van der Waals surface area contributed by atoms with Crippen LogP contribution in [-0.4, -0.2) is 76.0 Å². The third-order valence-corrected chi connectivity index (χ3v) is 6.56. The first-order chi connectivity index (χ1) is 12.7. The van der Waals surface area contributed by atoms with Gasteiger partial charge in [0.05, 0.1) is 21.6 Å². The van der Waals surface area contributed by atoms with Gasteiger partial charge in [-0.15, -0.1) is 0 Å². The van der Waals surface area contributed by atoms with Crippen LogP contribution in [0.5, 0.6) is 0 Å². The molecule has 9 heteroatoms. The maximum atomic E-state index is 12.9. The van der Waals surface area contributed by atoms with Crippen LogP contribution in [0.2, 0.25) is 5.02 Å². The lowest BCUT2D eigenvalue weighted by molar-refractivity contribution is 0.0757. The molecular formula is C18H28ClN3O4S. The lowest BCUT2D eigenvalue weighted by Gasteiger charge is -2.31. The molecule has 0 unspecified atom stereocenters. The van der Waals surface area contributed by atoms with E-state index in [2.05, 4.69) is 10.2 Å². The molecule has 152 valence electrons. The van der Waals surface area contributed by atoms with Crippen LogP contribution in [0, 0.1) is 0 Å². The van der Waals surface area contributed by atoms with Crippen molar-refractivity contribution < 1.29 is 17.9 Å². The van der Waals surface area contributed by atoms with Gasteiger partial charge < -0.3 is 15.0 Å². The highest BCUT2D eigenvalue weighted by Gasteiger charge is 2.28. The molecule has 1 heterocycles. The molecule has 0 bridgehead atoms. The van der Waals surface area contributed by atoms with Gasteiger partial charge in [0, 0.05) is 39.3 Å². The number of nitrogens with one attached hydrogen (secondary N) is 1. The topological polar surface area (TPSA) is 78.9 Å². The second kappa shape index (κ2) is 9.84.